The average Bonchev–Trinajstić information content (AvgIpc) is 3.31. The molecule has 0 amide bonds. The number of pyridine rings is 2. The molecule has 8 aromatic carbocycles. The number of aromatic nitrogens is 4. The Morgan fingerprint density at radius 3 is 1.76 bits per heavy atom. The van der Waals surface area contributed by atoms with Gasteiger partial charge in [0.15, 0.2) is 5.82 Å². The van der Waals surface area contributed by atoms with Crippen LogP contribution in [0.25, 0.3) is 111 Å². The van der Waals surface area contributed by atoms with Crippen molar-refractivity contribution in [1.82, 2.24) is 19.9 Å². The predicted molar refractivity (Wildman–Crippen MR) is 240 cm³/mol. The Labute approximate surface area is 335 Å². The SMILES string of the molecule is c1ccc(-c2cc(-c3cccc(-c4cccc(-c5cc6c(-c7ccc8ccccc8c7)nc7ccccc7c6c6ccccc56)c4)c3)nc(-c3ccccn3)n2)cc1. The minimum atomic E-state index is 0.595. The van der Waals surface area contributed by atoms with E-state index in [2.05, 4.69) is 169 Å². The molecule has 58 heavy (non-hydrogen) atoms. The summed E-state index contributed by atoms with van der Waals surface area (Å²) in [5.74, 6) is 0.595. The molecule has 0 bridgehead atoms. The number of benzene rings is 8. The molecule has 0 spiro atoms. The molecule has 4 heteroatoms. The zero-order valence-corrected chi connectivity index (χ0v) is 31.4. The minimum absolute atomic E-state index is 0.595. The van der Waals surface area contributed by atoms with Gasteiger partial charge in [0.1, 0.15) is 5.69 Å². The standard InChI is InChI=1S/C54H34N4/c1-2-15-36(16-3-1)50-34-51(58-54(57-50)49-26-10-11-29-55-49)41-21-13-19-39(31-41)38-18-12-20-40(30-38)46-33-47-52(44-23-7-6-22-43(44)46)45-24-8-9-25-48(45)56-53(47)42-28-27-35-14-4-5-17-37(35)32-42/h1-34H. The van der Waals surface area contributed by atoms with E-state index in [1.54, 1.807) is 6.20 Å². The largest absolute Gasteiger partial charge is 0.253 e. The van der Waals surface area contributed by atoms with Crippen LogP contribution in [0.1, 0.15) is 0 Å². The third-order valence-electron chi connectivity index (χ3n) is 11.1. The molecular weight excluding hydrogens is 705 g/mol. The molecule has 0 saturated carbocycles. The van der Waals surface area contributed by atoms with Crippen LogP contribution in [0, 0.1) is 0 Å². The lowest BCUT2D eigenvalue weighted by Crippen LogP contribution is -1.97. The van der Waals surface area contributed by atoms with Crippen LogP contribution in [-0.4, -0.2) is 19.9 Å². The van der Waals surface area contributed by atoms with Crippen molar-refractivity contribution in [3.63, 3.8) is 0 Å². The maximum atomic E-state index is 5.36. The van der Waals surface area contributed by atoms with E-state index in [0.717, 1.165) is 72.4 Å². The van der Waals surface area contributed by atoms with Crippen LogP contribution in [-0.2, 0) is 0 Å². The van der Waals surface area contributed by atoms with Crippen molar-refractivity contribution in [3.8, 4) is 67.5 Å². The van der Waals surface area contributed by atoms with Crippen molar-refractivity contribution >= 4 is 43.2 Å². The van der Waals surface area contributed by atoms with Gasteiger partial charge in [-0.05, 0) is 92.3 Å². The van der Waals surface area contributed by atoms with Crippen LogP contribution in [0.5, 0.6) is 0 Å². The summed E-state index contributed by atoms with van der Waals surface area (Å²) in [5, 5.41) is 8.35. The zero-order chi connectivity index (χ0) is 38.4. The quantitative estimate of drug-likeness (QED) is 0.159. The molecule has 0 aliphatic carbocycles. The molecule has 11 aromatic rings. The van der Waals surface area contributed by atoms with E-state index in [9.17, 15) is 0 Å². The average molecular weight is 739 g/mol. The van der Waals surface area contributed by atoms with Crippen molar-refractivity contribution in [2.24, 2.45) is 0 Å². The van der Waals surface area contributed by atoms with Gasteiger partial charge in [-0.2, -0.15) is 0 Å². The molecular formula is C54H34N4. The summed E-state index contributed by atoms with van der Waals surface area (Å²) in [6, 6.07) is 70.6. The van der Waals surface area contributed by atoms with Crippen LogP contribution in [0.4, 0.5) is 0 Å². The van der Waals surface area contributed by atoms with Crippen molar-refractivity contribution < 1.29 is 0 Å². The second-order valence-corrected chi connectivity index (χ2v) is 14.6. The van der Waals surface area contributed by atoms with Gasteiger partial charge in [0, 0.05) is 39.0 Å². The van der Waals surface area contributed by atoms with E-state index >= 15 is 0 Å². The Balaban J connectivity index is 1.07. The van der Waals surface area contributed by atoms with Crippen LogP contribution in [0.2, 0.25) is 0 Å². The molecule has 0 radical (unpaired) electrons. The number of fused-ring (bicyclic) bond motifs is 6. The molecule has 0 N–H and O–H groups in total. The van der Waals surface area contributed by atoms with E-state index in [0.29, 0.717) is 5.82 Å². The van der Waals surface area contributed by atoms with Crippen molar-refractivity contribution in [1.29, 1.82) is 0 Å². The number of hydrogen-bond donors (Lipinski definition) is 0. The summed E-state index contributed by atoms with van der Waals surface area (Å²) in [7, 11) is 0. The van der Waals surface area contributed by atoms with Crippen LogP contribution in [0.15, 0.2) is 206 Å². The Bertz CT molecular complexity index is 3280. The molecule has 3 aromatic heterocycles. The number of para-hydroxylation sites is 1. The van der Waals surface area contributed by atoms with E-state index in [-0.39, 0.29) is 0 Å². The normalized spacial score (nSPS) is 11.4. The summed E-state index contributed by atoms with van der Waals surface area (Å²) in [5.41, 5.74) is 12.1. The van der Waals surface area contributed by atoms with Gasteiger partial charge in [0.25, 0.3) is 0 Å². The third kappa shape index (κ3) is 5.96. The minimum Gasteiger partial charge on any atom is -0.253 e. The highest BCUT2D eigenvalue weighted by Gasteiger charge is 2.18. The second-order valence-electron chi connectivity index (χ2n) is 14.6. The maximum Gasteiger partial charge on any atom is 0.179 e. The lowest BCUT2D eigenvalue weighted by atomic mass is 9.89. The maximum absolute atomic E-state index is 5.36. The Morgan fingerprint density at radius 2 is 0.948 bits per heavy atom. The highest BCUT2D eigenvalue weighted by molar-refractivity contribution is 6.25. The first-order valence-corrected chi connectivity index (χ1v) is 19.5. The lowest BCUT2D eigenvalue weighted by Gasteiger charge is -2.17. The monoisotopic (exact) mass is 738 g/mol. The summed E-state index contributed by atoms with van der Waals surface area (Å²) < 4.78 is 0. The molecule has 0 saturated heterocycles. The van der Waals surface area contributed by atoms with Gasteiger partial charge >= 0.3 is 0 Å². The number of rotatable bonds is 6. The Hall–Kier alpha value is -7.82. The van der Waals surface area contributed by atoms with E-state index in [1.165, 1.54) is 32.5 Å². The first-order chi connectivity index (χ1) is 28.7. The first-order valence-electron chi connectivity index (χ1n) is 19.5. The summed E-state index contributed by atoms with van der Waals surface area (Å²) in [6.07, 6.45) is 1.78. The van der Waals surface area contributed by atoms with Crippen molar-refractivity contribution in [2.75, 3.05) is 0 Å². The van der Waals surface area contributed by atoms with Gasteiger partial charge in [-0.1, -0.05) is 152 Å². The summed E-state index contributed by atoms with van der Waals surface area (Å²) in [4.78, 5) is 19.9. The topological polar surface area (TPSA) is 51.6 Å². The van der Waals surface area contributed by atoms with Gasteiger partial charge in [-0.25, -0.2) is 15.0 Å². The fraction of sp³-hybridized carbons (Fsp3) is 0. The zero-order valence-electron chi connectivity index (χ0n) is 31.4. The van der Waals surface area contributed by atoms with E-state index in [1.807, 2.05) is 36.4 Å². The highest BCUT2D eigenvalue weighted by atomic mass is 14.9. The molecule has 0 aliphatic heterocycles. The molecule has 0 aliphatic rings. The van der Waals surface area contributed by atoms with Crippen molar-refractivity contribution in [3.05, 3.63) is 206 Å². The summed E-state index contributed by atoms with van der Waals surface area (Å²) >= 11 is 0. The van der Waals surface area contributed by atoms with E-state index < -0.39 is 0 Å². The molecule has 0 fully saturated rings. The van der Waals surface area contributed by atoms with Crippen LogP contribution in [0.3, 0.4) is 0 Å². The highest BCUT2D eigenvalue weighted by Crippen LogP contribution is 2.43. The van der Waals surface area contributed by atoms with Crippen LogP contribution >= 0.6 is 0 Å². The number of nitrogens with zero attached hydrogens (tertiary/aromatic N) is 4. The smallest absolute Gasteiger partial charge is 0.179 e. The molecule has 11 rings (SSSR count). The van der Waals surface area contributed by atoms with E-state index in [4.69, 9.17) is 15.0 Å². The Kier molecular flexibility index (Phi) is 8.11. The van der Waals surface area contributed by atoms with Gasteiger partial charge in [-0.3, -0.25) is 4.98 Å². The summed E-state index contributed by atoms with van der Waals surface area (Å²) in [6.45, 7) is 0. The van der Waals surface area contributed by atoms with Crippen molar-refractivity contribution in [2.45, 2.75) is 0 Å². The predicted octanol–water partition coefficient (Wildman–Crippen LogP) is 13.9. The molecule has 3 heterocycles. The van der Waals surface area contributed by atoms with Crippen LogP contribution < -0.4 is 0 Å². The molecule has 0 unspecified atom stereocenters. The number of hydrogen-bond acceptors (Lipinski definition) is 4. The fourth-order valence-electron chi connectivity index (χ4n) is 8.30. The lowest BCUT2D eigenvalue weighted by molar-refractivity contribution is 1.15. The molecule has 4 nitrogen and oxygen atoms in total. The van der Waals surface area contributed by atoms with Gasteiger partial charge in [0.05, 0.1) is 22.6 Å². The Morgan fingerprint density at radius 1 is 0.310 bits per heavy atom. The molecule has 270 valence electrons. The molecule has 0 atom stereocenters. The first kappa shape index (κ1) is 33.5. The fourth-order valence-corrected chi connectivity index (χ4v) is 8.30. The van der Waals surface area contributed by atoms with Gasteiger partial charge < -0.3 is 0 Å². The third-order valence-corrected chi connectivity index (χ3v) is 11.1. The second kappa shape index (κ2) is 14.0. The van der Waals surface area contributed by atoms with Gasteiger partial charge in [0.2, 0.25) is 0 Å². The van der Waals surface area contributed by atoms with Gasteiger partial charge in [-0.15, -0.1) is 0 Å².